The number of hydrogen-bond acceptors (Lipinski definition) is 0. The standard InChI is InChI=1S/C11H20/c1-5-9-6-7-10(8-9)11(2,3)4/h5,9-10H,1,6-8H2,2-4H3. The molecule has 1 rings (SSSR count). The van der Waals surface area contributed by atoms with Gasteiger partial charge < -0.3 is 0 Å². The van der Waals surface area contributed by atoms with Gasteiger partial charge in [0, 0.05) is 0 Å². The molecule has 0 heteroatoms. The molecule has 1 saturated carbocycles. The quantitative estimate of drug-likeness (QED) is 0.503. The van der Waals surface area contributed by atoms with Crippen molar-refractivity contribution in [1.82, 2.24) is 0 Å². The highest BCUT2D eigenvalue weighted by atomic mass is 14.4. The third-order valence-electron chi connectivity index (χ3n) is 3.03. The molecule has 2 atom stereocenters. The third kappa shape index (κ3) is 2.08. The fourth-order valence-electron chi connectivity index (χ4n) is 2.02. The second-order valence-corrected chi connectivity index (χ2v) is 4.87. The lowest BCUT2D eigenvalue weighted by Crippen LogP contribution is -2.17. The van der Waals surface area contributed by atoms with Crippen LogP contribution in [0.5, 0.6) is 0 Å². The van der Waals surface area contributed by atoms with E-state index in [1.807, 2.05) is 0 Å². The smallest absolute Gasteiger partial charge is 0.0233 e. The topological polar surface area (TPSA) is 0 Å². The summed E-state index contributed by atoms with van der Waals surface area (Å²) < 4.78 is 0. The van der Waals surface area contributed by atoms with Crippen molar-refractivity contribution in [2.45, 2.75) is 40.0 Å². The van der Waals surface area contributed by atoms with Crippen LogP contribution in [0, 0.1) is 17.3 Å². The molecule has 0 aromatic carbocycles. The van der Waals surface area contributed by atoms with Gasteiger partial charge in [-0.2, -0.15) is 0 Å². The molecule has 0 bridgehead atoms. The van der Waals surface area contributed by atoms with Crippen LogP contribution in [0.15, 0.2) is 12.7 Å². The maximum Gasteiger partial charge on any atom is -0.0233 e. The van der Waals surface area contributed by atoms with E-state index >= 15 is 0 Å². The Morgan fingerprint density at radius 2 is 1.91 bits per heavy atom. The molecule has 0 spiro atoms. The van der Waals surface area contributed by atoms with Crippen molar-refractivity contribution in [2.75, 3.05) is 0 Å². The van der Waals surface area contributed by atoms with Gasteiger partial charge >= 0.3 is 0 Å². The van der Waals surface area contributed by atoms with E-state index in [0.717, 1.165) is 11.8 Å². The van der Waals surface area contributed by atoms with Gasteiger partial charge in [0.15, 0.2) is 0 Å². The molecule has 64 valence electrons. The minimum Gasteiger partial charge on any atom is -0.103 e. The molecule has 0 saturated heterocycles. The SMILES string of the molecule is C=CC1CCC(C(C)(C)C)C1. The van der Waals surface area contributed by atoms with Crippen LogP contribution in [-0.2, 0) is 0 Å². The molecule has 0 heterocycles. The Morgan fingerprint density at radius 1 is 1.27 bits per heavy atom. The molecule has 1 aliphatic carbocycles. The van der Waals surface area contributed by atoms with Crippen LogP contribution in [0.4, 0.5) is 0 Å². The van der Waals surface area contributed by atoms with E-state index in [2.05, 4.69) is 33.4 Å². The Hall–Kier alpha value is -0.260. The molecule has 0 aliphatic heterocycles. The Balaban J connectivity index is 2.48. The van der Waals surface area contributed by atoms with Crippen molar-refractivity contribution in [1.29, 1.82) is 0 Å². The van der Waals surface area contributed by atoms with E-state index in [-0.39, 0.29) is 0 Å². The summed E-state index contributed by atoms with van der Waals surface area (Å²) in [6.45, 7) is 10.9. The van der Waals surface area contributed by atoms with Gasteiger partial charge in [0.05, 0.1) is 0 Å². The summed E-state index contributed by atoms with van der Waals surface area (Å²) in [5, 5.41) is 0. The van der Waals surface area contributed by atoms with Gasteiger partial charge in [-0.15, -0.1) is 6.58 Å². The molecular weight excluding hydrogens is 132 g/mol. The molecule has 1 aliphatic rings. The molecule has 1 fully saturated rings. The molecule has 0 nitrogen and oxygen atoms in total. The first-order chi connectivity index (χ1) is 5.04. The predicted molar refractivity (Wildman–Crippen MR) is 50.5 cm³/mol. The van der Waals surface area contributed by atoms with E-state index in [4.69, 9.17) is 0 Å². The summed E-state index contributed by atoms with van der Waals surface area (Å²) >= 11 is 0. The molecule has 0 radical (unpaired) electrons. The highest BCUT2D eigenvalue weighted by molar-refractivity contribution is 4.90. The summed E-state index contributed by atoms with van der Waals surface area (Å²) in [5.41, 5.74) is 0.512. The Kier molecular flexibility index (Phi) is 2.41. The minimum absolute atomic E-state index is 0.512. The molecule has 2 unspecified atom stereocenters. The van der Waals surface area contributed by atoms with Crippen molar-refractivity contribution in [3.05, 3.63) is 12.7 Å². The summed E-state index contributed by atoms with van der Waals surface area (Å²) in [6.07, 6.45) is 6.27. The molecule has 0 N–H and O–H groups in total. The Bertz CT molecular complexity index is 139. The minimum atomic E-state index is 0.512. The normalized spacial score (nSPS) is 32.3. The summed E-state index contributed by atoms with van der Waals surface area (Å²) in [6, 6.07) is 0. The highest BCUT2D eigenvalue weighted by Gasteiger charge is 2.31. The summed E-state index contributed by atoms with van der Waals surface area (Å²) in [7, 11) is 0. The van der Waals surface area contributed by atoms with E-state index in [0.29, 0.717) is 5.41 Å². The zero-order valence-corrected chi connectivity index (χ0v) is 8.06. The van der Waals surface area contributed by atoms with E-state index in [1.165, 1.54) is 19.3 Å². The lowest BCUT2D eigenvalue weighted by molar-refractivity contribution is 0.242. The lowest BCUT2D eigenvalue weighted by Gasteiger charge is -2.26. The van der Waals surface area contributed by atoms with E-state index in [9.17, 15) is 0 Å². The second-order valence-electron chi connectivity index (χ2n) is 4.87. The van der Waals surface area contributed by atoms with E-state index in [1.54, 1.807) is 0 Å². The number of rotatable bonds is 1. The van der Waals surface area contributed by atoms with Gasteiger partial charge in [0.1, 0.15) is 0 Å². The van der Waals surface area contributed by atoms with Crippen LogP contribution in [0.2, 0.25) is 0 Å². The number of hydrogen-bond donors (Lipinski definition) is 0. The maximum absolute atomic E-state index is 3.86. The van der Waals surface area contributed by atoms with Crippen molar-refractivity contribution in [3.63, 3.8) is 0 Å². The fraction of sp³-hybridized carbons (Fsp3) is 0.818. The largest absolute Gasteiger partial charge is 0.103 e. The lowest BCUT2D eigenvalue weighted by atomic mass is 9.79. The third-order valence-corrected chi connectivity index (χ3v) is 3.03. The molecule has 0 aromatic heterocycles. The average Bonchev–Trinajstić information content (AvgIpc) is 2.32. The van der Waals surface area contributed by atoms with Crippen molar-refractivity contribution in [3.8, 4) is 0 Å². The van der Waals surface area contributed by atoms with Gasteiger partial charge in [-0.3, -0.25) is 0 Å². The highest BCUT2D eigenvalue weighted by Crippen LogP contribution is 2.42. The van der Waals surface area contributed by atoms with Crippen LogP contribution in [0.1, 0.15) is 40.0 Å². The first kappa shape index (κ1) is 8.83. The first-order valence-electron chi connectivity index (χ1n) is 4.66. The van der Waals surface area contributed by atoms with Crippen molar-refractivity contribution < 1.29 is 0 Å². The van der Waals surface area contributed by atoms with Gasteiger partial charge in [-0.1, -0.05) is 26.8 Å². The second kappa shape index (κ2) is 3.00. The summed E-state index contributed by atoms with van der Waals surface area (Å²) in [4.78, 5) is 0. The van der Waals surface area contributed by atoms with Crippen LogP contribution >= 0.6 is 0 Å². The van der Waals surface area contributed by atoms with Crippen molar-refractivity contribution in [2.24, 2.45) is 17.3 Å². The molecule has 11 heavy (non-hydrogen) atoms. The maximum atomic E-state index is 3.86. The summed E-state index contributed by atoms with van der Waals surface area (Å²) in [5.74, 6) is 1.73. The zero-order valence-electron chi connectivity index (χ0n) is 8.06. The fourth-order valence-corrected chi connectivity index (χ4v) is 2.02. The Labute approximate surface area is 70.7 Å². The van der Waals surface area contributed by atoms with Gasteiger partial charge in [0.25, 0.3) is 0 Å². The molecule has 0 aromatic rings. The van der Waals surface area contributed by atoms with Crippen LogP contribution in [0.3, 0.4) is 0 Å². The van der Waals surface area contributed by atoms with Gasteiger partial charge in [-0.25, -0.2) is 0 Å². The predicted octanol–water partition coefficient (Wildman–Crippen LogP) is 3.63. The van der Waals surface area contributed by atoms with Crippen LogP contribution in [-0.4, -0.2) is 0 Å². The van der Waals surface area contributed by atoms with Crippen LogP contribution < -0.4 is 0 Å². The zero-order chi connectivity index (χ0) is 8.48. The van der Waals surface area contributed by atoms with Gasteiger partial charge in [-0.05, 0) is 36.5 Å². The number of allylic oxidation sites excluding steroid dienone is 1. The monoisotopic (exact) mass is 152 g/mol. The Morgan fingerprint density at radius 3 is 2.18 bits per heavy atom. The van der Waals surface area contributed by atoms with E-state index < -0.39 is 0 Å². The average molecular weight is 152 g/mol. The van der Waals surface area contributed by atoms with Gasteiger partial charge in [0.2, 0.25) is 0 Å². The van der Waals surface area contributed by atoms with Crippen LogP contribution in [0.25, 0.3) is 0 Å². The van der Waals surface area contributed by atoms with Crippen molar-refractivity contribution >= 4 is 0 Å². The first-order valence-corrected chi connectivity index (χ1v) is 4.66. The molecular formula is C11H20. The molecule has 0 amide bonds.